The summed E-state index contributed by atoms with van der Waals surface area (Å²) in [5, 5.41) is 0. The molecule has 0 heteroatoms. The van der Waals surface area contributed by atoms with Gasteiger partial charge >= 0.3 is 0 Å². The molecular formula is C14H24. The highest BCUT2D eigenvalue weighted by atomic mass is 14.1. The summed E-state index contributed by atoms with van der Waals surface area (Å²) in [6, 6.07) is 0. The lowest BCUT2D eigenvalue weighted by atomic mass is 9.96. The highest BCUT2D eigenvalue weighted by Crippen LogP contribution is 2.21. The molecule has 0 nitrogen and oxygen atoms in total. The molecule has 1 aliphatic carbocycles. The van der Waals surface area contributed by atoms with Crippen molar-refractivity contribution in [1.82, 2.24) is 0 Å². The maximum atomic E-state index is 3.91. The monoisotopic (exact) mass is 192 g/mol. The van der Waals surface area contributed by atoms with Crippen LogP contribution in [0.25, 0.3) is 0 Å². The summed E-state index contributed by atoms with van der Waals surface area (Å²) in [4.78, 5) is 0. The maximum Gasteiger partial charge on any atom is -0.0239 e. The van der Waals surface area contributed by atoms with Crippen molar-refractivity contribution >= 4 is 0 Å². The molecule has 0 atom stereocenters. The Morgan fingerprint density at radius 1 is 1.14 bits per heavy atom. The van der Waals surface area contributed by atoms with Crippen molar-refractivity contribution in [2.75, 3.05) is 0 Å². The van der Waals surface area contributed by atoms with E-state index in [-0.39, 0.29) is 0 Å². The Morgan fingerprint density at radius 2 is 1.64 bits per heavy atom. The van der Waals surface area contributed by atoms with E-state index in [2.05, 4.69) is 45.7 Å². The molecule has 0 spiro atoms. The van der Waals surface area contributed by atoms with Crippen molar-refractivity contribution < 1.29 is 0 Å². The molecule has 0 radical (unpaired) electrons. The first-order valence-corrected chi connectivity index (χ1v) is 5.22. The topological polar surface area (TPSA) is 0 Å². The molecule has 0 heterocycles. The summed E-state index contributed by atoms with van der Waals surface area (Å²) in [6.45, 7) is 18.1. The van der Waals surface area contributed by atoms with Crippen LogP contribution in [0, 0.1) is 0 Å². The van der Waals surface area contributed by atoms with Crippen molar-refractivity contribution in [1.29, 1.82) is 0 Å². The highest BCUT2D eigenvalue weighted by Gasteiger charge is 2.02. The fourth-order valence-corrected chi connectivity index (χ4v) is 1.10. The lowest BCUT2D eigenvalue weighted by molar-refractivity contribution is 0.913. The average molecular weight is 192 g/mol. The zero-order chi connectivity index (χ0) is 11.6. The predicted molar refractivity (Wildman–Crippen MR) is 68.5 cm³/mol. The molecule has 0 fully saturated rings. The van der Waals surface area contributed by atoms with Crippen LogP contribution in [0.4, 0.5) is 0 Å². The van der Waals surface area contributed by atoms with E-state index in [0.717, 1.165) is 0 Å². The second-order valence-electron chi connectivity index (χ2n) is 2.99. The minimum absolute atomic E-state index is 1.18. The molecule has 1 rings (SSSR count). The number of hydrogen-bond acceptors (Lipinski definition) is 0. The van der Waals surface area contributed by atoms with E-state index in [4.69, 9.17) is 0 Å². The Bertz CT molecular complexity index is 216. The van der Waals surface area contributed by atoms with E-state index >= 15 is 0 Å². The van der Waals surface area contributed by atoms with Crippen LogP contribution in [0.15, 0.2) is 48.6 Å². The van der Waals surface area contributed by atoms with Gasteiger partial charge in [-0.1, -0.05) is 43.7 Å². The van der Waals surface area contributed by atoms with Crippen LogP contribution in [0.1, 0.15) is 40.5 Å². The molecule has 0 unspecified atom stereocenters. The van der Waals surface area contributed by atoms with Gasteiger partial charge in [-0.2, -0.15) is 0 Å². The Hall–Kier alpha value is -1.04. The Balaban J connectivity index is 0. The normalized spacial score (nSPS) is 13.4. The molecule has 0 N–H and O–H groups in total. The van der Waals surface area contributed by atoms with Gasteiger partial charge in [0.1, 0.15) is 0 Å². The fourth-order valence-electron chi connectivity index (χ4n) is 1.10. The van der Waals surface area contributed by atoms with Crippen LogP contribution in [-0.4, -0.2) is 0 Å². The van der Waals surface area contributed by atoms with Gasteiger partial charge in [-0.15, -0.1) is 13.2 Å². The summed E-state index contributed by atoms with van der Waals surface area (Å²) < 4.78 is 0. The predicted octanol–water partition coefficient (Wildman–Crippen LogP) is 5.06. The van der Waals surface area contributed by atoms with Crippen molar-refractivity contribution in [2.45, 2.75) is 40.5 Å². The molecule has 80 valence electrons. The standard InChI is InChI=1S/C10H14.C2H6.C2H4/c1-8(2)10-6-4-9(3)5-7-10;2*1-2/h4,6H,1,5,7H2,2-3H3;1-2H3;1-2H2. The molecule has 0 saturated heterocycles. The third kappa shape index (κ3) is 6.47. The molecule has 14 heavy (non-hydrogen) atoms. The minimum atomic E-state index is 1.18. The third-order valence-electron chi connectivity index (χ3n) is 1.91. The smallest absolute Gasteiger partial charge is 0.0239 e. The van der Waals surface area contributed by atoms with E-state index in [9.17, 15) is 0 Å². The first-order chi connectivity index (χ1) is 6.70. The van der Waals surface area contributed by atoms with Crippen LogP contribution in [0.2, 0.25) is 0 Å². The molecule has 0 aliphatic heterocycles. The number of hydrogen-bond donors (Lipinski definition) is 0. The van der Waals surface area contributed by atoms with Gasteiger partial charge < -0.3 is 0 Å². The third-order valence-corrected chi connectivity index (χ3v) is 1.91. The van der Waals surface area contributed by atoms with Crippen molar-refractivity contribution in [3.05, 3.63) is 48.6 Å². The van der Waals surface area contributed by atoms with Gasteiger partial charge in [0.25, 0.3) is 0 Å². The largest absolute Gasteiger partial charge is 0.106 e. The molecule has 0 aromatic heterocycles. The Morgan fingerprint density at radius 3 is 1.93 bits per heavy atom. The second kappa shape index (κ2) is 10.0. The van der Waals surface area contributed by atoms with Crippen molar-refractivity contribution in [3.63, 3.8) is 0 Å². The zero-order valence-corrected chi connectivity index (χ0v) is 10.2. The summed E-state index contributed by atoms with van der Waals surface area (Å²) in [6.07, 6.45) is 6.76. The van der Waals surface area contributed by atoms with E-state index in [0.29, 0.717) is 0 Å². The van der Waals surface area contributed by atoms with Gasteiger partial charge in [0.05, 0.1) is 0 Å². The van der Waals surface area contributed by atoms with Crippen LogP contribution >= 0.6 is 0 Å². The van der Waals surface area contributed by atoms with E-state index < -0.39 is 0 Å². The fraction of sp³-hybridized carbons (Fsp3) is 0.429. The van der Waals surface area contributed by atoms with Crippen LogP contribution in [-0.2, 0) is 0 Å². The average Bonchev–Trinajstić information content (AvgIpc) is 2.24. The minimum Gasteiger partial charge on any atom is -0.106 e. The SMILES string of the molecule is C=C.C=C(C)C1=CC=C(C)CC1.CC. The van der Waals surface area contributed by atoms with Gasteiger partial charge in [0.15, 0.2) is 0 Å². The number of allylic oxidation sites excluding steroid dienone is 5. The van der Waals surface area contributed by atoms with Crippen LogP contribution < -0.4 is 0 Å². The lowest BCUT2D eigenvalue weighted by Gasteiger charge is -2.10. The quantitative estimate of drug-likeness (QED) is 0.509. The van der Waals surface area contributed by atoms with Crippen molar-refractivity contribution in [3.8, 4) is 0 Å². The first-order valence-electron chi connectivity index (χ1n) is 5.22. The van der Waals surface area contributed by atoms with E-state index in [1.54, 1.807) is 0 Å². The summed E-state index contributed by atoms with van der Waals surface area (Å²) >= 11 is 0. The molecule has 0 bridgehead atoms. The van der Waals surface area contributed by atoms with Crippen LogP contribution in [0.5, 0.6) is 0 Å². The highest BCUT2D eigenvalue weighted by molar-refractivity contribution is 5.34. The summed E-state index contributed by atoms with van der Waals surface area (Å²) in [5.41, 5.74) is 4.10. The molecule has 0 saturated carbocycles. The van der Waals surface area contributed by atoms with Gasteiger partial charge in [0.2, 0.25) is 0 Å². The van der Waals surface area contributed by atoms with Crippen molar-refractivity contribution in [2.24, 2.45) is 0 Å². The van der Waals surface area contributed by atoms with Gasteiger partial charge in [-0.05, 0) is 32.3 Å². The van der Waals surface area contributed by atoms with Gasteiger partial charge in [-0.3, -0.25) is 0 Å². The molecular weight excluding hydrogens is 168 g/mol. The number of rotatable bonds is 1. The van der Waals surface area contributed by atoms with E-state index in [1.165, 1.54) is 29.6 Å². The Kier molecular flexibility index (Phi) is 11.1. The Labute approximate surface area is 89.7 Å². The summed E-state index contributed by atoms with van der Waals surface area (Å²) in [7, 11) is 0. The van der Waals surface area contributed by atoms with Crippen LogP contribution in [0.3, 0.4) is 0 Å². The van der Waals surface area contributed by atoms with E-state index in [1.807, 2.05) is 13.8 Å². The molecule has 0 aromatic rings. The molecule has 1 aliphatic rings. The lowest BCUT2D eigenvalue weighted by Crippen LogP contribution is -1.90. The van der Waals surface area contributed by atoms with Gasteiger partial charge in [-0.25, -0.2) is 0 Å². The molecule has 0 aromatic carbocycles. The molecule has 0 amide bonds. The summed E-state index contributed by atoms with van der Waals surface area (Å²) in [5.74, 6) is 0. The first kappa shape index (κ1) is 15.4. The maximum absolute atomic E-state index is 3.91. The second-order valence-corrected chi connectivity index (χ2v) is 2.99. The zero-order valence-electron chi connectivity index (χ0n) is 10.2. The van der Waals surface area contributed by atoms with Gasteiger partial charge in [0, 0.05) is 0 Å².